The Labute approximate surface area is 112 Å². The van der Waals surface area contributed by atoms with E-state index < -0.39 is 6.55 Å². The molecule has 0 aliphatic carbocycles. The molecule has 0 amide bonds. The van der Waals surface area contributed by atoms with Crippen molar-refractivity contribution < 1.29 is 13.5 Å². The quantitative estimate of drug-likeness (QED) is 0.826. The molecule has 0 unspecified atom stereocenters. The third kappa shape index (κ3) is 3.51. The lowest BCUT2D eigenvalue weighted by atomic mass is 9.81. The number of rotatable bonds is 5. The first-order chi connectivity index (χ1) is 9.04. The van der Waals surface area contributed by atoms with Gasteiger partial charge >= 0.3 is 6.55 Å². The van der Waals surface area contributed by atoms with Crippen LogP contribution in [0.4, 0.5) is 8.78 Å². The minimum Gasteiger partial charge on any atom is -0.384 e. The predicted octanol–water partition coefficient (Wildman–Crippen LogP) is 2.53. The van der Waals surface area contributed by atoms with Crippen molar-refractivity contribution in [1.29, 1.82) is 0 Å². The molecule has 6 heteroatoms. The lowest BCUT2D eigenvalue weighted by molar-refractivity contribution is 0.0275. The largest absolute Gasteiger partial charge is 0.384 e. The molecule has 2 heterocycles. The molecule has 0 saturated carbocycles. The summed E-state index contributed by atoms with van der Waals surface area (Å²) in [5.41, 5.74) is 0.212. The Kier molecular flexibility index (Phi) is 4.52. The molecule has 0 aromatic carbocycles. The van der Waals surface area contributed by atoms with Crippen molar-refractivity contribution in [3.05, 3.63) is 18.2 Å². The zero-order chi connectivity index (χ0) is 13.9. The van der Waals surface area contributed by atoms with Gasteiger partial charge in [0.25, 0.3) is 0 Å². The highest BCUT2D eigenvalue weighted by molar-refractivity contribution is 4.94. The number of piperidine rings is 1. The van der Waals surface area contributed by atoms with E-state index >= 15 is 0 Å². The molecular weight excluding hydrogens is 252 g/mol. The van der Waals surface area contributed by atoms with Gasteiger partial charge in [-0.2, -0.15) is 8.78 Å². The van der Waals surface area contributed by atoms with E-state index in [1.54, 1.807) is 7.11 Å². The summed E-state index contributed by atoms with van der Waals surface area (Å²) in [6.45, 7) is 2.74. The fraction of sp³-hybridized carbons (Fsp3) is 0.769. The fourth-order valence-corrected chi connectivity index (χ4v) is 2.59. The molecule has 1 fully saturated rings. The molecule has 2 rings (SSSR count). The number of nitrogens with zero attached hydrogens (tertiary/aromatic N) is 3. The van der Waals surface area contributed by atoms with Crippen molar-refractivity contribution in [3.8, 4) is 0 Å². The van der Waals surface area contributed by atoms with Crippen molar-refractivity contribution >= 4 is 0 Å². The lowest BCUT2D eigenvalue weighted by Crippen LogP contribution is -2.40. The van der Waals surface area contributed by atoms with Gasteiger partial charge in [-0.3, -0.25) is 9.47 Å². The minimum absolute atomic E-state index is 0.212. The van der Waals surface area contributed by atoms with Crippen LogP contribution in [0.5, 0.6) is 0 Å². The number of likely N-dealkylation sites (tertiary alicyclic amines) is 1. The van der Waals surface area contributed by atoms with Crippen LogP contribution in [0.25, 0.3) is 0 Å². The van der Waals surface area contributed by atoms with Crippen LogP contribution in [-0.2, 0) is 11.3 Å². The minimum atomic E-state index is -2.51. The van der Waals surface area contributed by atoms with Crippen LogP contribution in [0, 0.1) is 5.41 Å². The van der Waals surface area contributed by atoms with E-state index in [1.807, 2.05) is 0 Å². The lowest BCUT2D eigenvalue weighted by Gasteiger charge is -2.38. The third-order valence-corrected chi connectivity index (χ3v) is 3.88. The van der Waals surface area contributed by atoms with Gasteiger partial charge in [-0.15, -0.1) is 0 Å². The predicted molar refractivity (Wildman–Crippen MR) is 68.0 cm³/mol. The number of halogens is 2. The normalized spacial score (nSPS) is 20.1. The van der Waals surface area contributed by atoms with Gasteiger partial charge in [0.15, 0.2) is 0 Å². The number of alkyl halides is 2. The van der Waals surface area contributed by atoms with E-state index in [-0.39, 0.29) is 5.41 Å². The molecule has 1 saturated heterocycles. The average molecular weight is 273 g/mol. The Bertz CT molecular complexity index is 400. The van der Waals surface area contributed by atoms with Crippen LogP contribution < -0.4 is 0 Å². The molecule has 1 aliphatic rings. The molecule has 0 radical (unpaired) electrons. The third-order valence-electron chi connectivity index (χ3n) is 3.88. The average Bonchev–Trinajstić information content (AvgIpc) is 2.81. The summed E-state index contributed by atoms with van der Waals surface area (Å²) < 4.78 is 31.6. The van der Waals surface area contributed by atoms with Crippen LogP contribution in [0.2, 0.25) is 0 Å². The van der Waals surface area contributed by atoms with Crippen LogP contribution in [-0.4, -0.2) is 41.3 Å². The molecule has 1 aromatic heterocycles. The number of hydrogen-bond acceptors (Lipinski definition) is 3. The van der Waals surface area contributed by atoms with Gasteiger partial charge in [0.05, 0.1) is 13.2 Å². The molecule has 0 spiro atoms. The van der Waals surface area contributed by atoms with E-state index in [1.165, 1.54) is 12.4 Å². The molecule has 1 aromatic rings. The van der Waals surface area contributed by atoms with E-state index in [4.69, 9.17) is 4.74 Å². The van der Waals surface area contributed by atoms with Gasteiger partial charge in [-0.25, -0.2) is 4.98 Å². The summed E-state index contributed by atoms with van der Waals surface area (Å²) in [6.07, 6.45) is 4.81. The topological polar surface area (TPSA) is 30.3 Å². The molecule has 1 aliphatic heterocycles. The molecule has 0 N–H and O–H groups in total. The molecule has 108 valence electrons. The Balaban J connectivity index is 1.90. The highest BCUT2D eigenvalue weighted by Crippen LogP contribution is 2.31. The summed E-state index contributed by atoms with van der Waals surface area (Å²) in [4.78, 5) is 6.20. The SMILES string of the molecule is COCC1(C)CCN(Cc2nccn2C(F)F)CC1. The highest BCUT2D eigenvalue weighted by atomic mass is 19.3. The zero-order valence-corrected chi connectivity index (χ0v) is 11.5. The van der Waals surface area contributed by atoms with Gasteiger partial charge in [-0.05, 0) is 31.3 Å². The Morgan fingerprint density at radius 3 is 2.68 bits per heavy atom. The molecular formula is C13H21F2N3O. The van der Waals surface area contributed by atoms with E-state index in [9.17, 15) is 8.78 Å². The van der Waals surface area contributed by atoms with Crippen molar-refractivity contribution in [1.82, 2.24) is 14.5 Å². The van der Waals surface area contributed by atoms with Crippen molar-refractivity contribution in [2.75, 3.05) is 26.8 Å². The summed E-state index contributed by atoms with van der Waals surface area (Å²) in [6, 6.07) is 0. The van der Waals surface area contributed by atoms with Gasteiger partial charge in [-0.1, -0.05) is 6.92 Å². The maximum absolute atomic E-state index is 12.7. The Morgan fingerprint density at radius 2 is 2.11 bits per heavy atom. The molecule has 0 atom stereocenters. The molecule has 4 nitrogen and oxygen atoms in total. The van der Waals surface area contributed by atoms with Gasteiger partial charge < -0.3 is 4.74 Å². The first kappa shape index (κ1) is 14.4. The number of hydrogen-bond donors (Lipinski definition) is 0. The maximum Gasteiger partial charge on any atom is 0.319 e. The van der Waals surface area contributed by atoms with E-state index in [0.29, 0.717) is 12.4 Å². The van der Waals surface area contributed by atoms with Crippen LogP contribution in [0.15, 0.2) is 12.4 Å². The first-order valence-electron chi connectivity index (χ1n) is 6.55. The van der Waals surface area contributed by atoms with Gasteiger partial charge in [0, 0.05) is 19.5 Å². The second kappa shape index (κ2) is 5.96. The van der Waals surface area contributed by atoms with Crippen LogP contribution >= 0.6 is 0 Å². The smallest absolute Gasteiger partial charge is 0.319 e. The van der Waals surface area contributed by atoms with Crippen molar-refractivity contribution in [2.24, 2.45) is 5.41 Å². The number of ether oxygens (including phenoxy) is 1. The summed E-state index contributed by atoms with van der Waals surface area (Å²) >= 11 is 0. The van der Waals surface area contributed by atoms with E-state index in [2.05, 4.69) is 16.8 Å². The van der Waals surface area contributed by atoms with Crippen LogP contribution in [0.3, 0.4) is 0 Å². The summed E-state index contributed by atoms with van der Waals surface area (Å²) in [5.74, 6) is 0.436. The summed E-state index contributed by atoms with van der Waals surface area (Å²) in [5, 5.41) is 0. The van der Waals surface area contributed by atoms with Crippen LogP contribution in [0.1, 0.15) is 32.1 Å². The maximum atomic E-state index is 12.7. The number of methoxy groups -OCH3 is 1. The molecule has 0 bridgehead atoms. The standard InChI is InChI=1S/C13H21F2N3O/c1-13(10-19-2)3-6-17(7-4-13)9-11-16-5-8-18(11)12(14)15/h5,8,12H,3-4,6-7,9-10H2,1-2H3. The number of imidazole rings is 1. The second-order valence-corrected chi connectivity index (χ2v) is 5.55. The van der Waals surface area contributed by atoms with Crippen molar-refractivity contribution in [2.45, 2.75) is 32.9 Å². The number of aromatic nitrogens is 2. The highest BCUT2D eigenvalue weighted by Gasteiger charge is 2.30. The zero-order valence-electron chi connectivity index (χ0n) is 11.5. The first-order valence-corrected chi connectivity index (χ1v) is 6.55. The Hall–Kier alpha value is -1.01. The van der Waals surface area contributed by atoms with Gasteiger partial charge in [0.2, 0.25) is 0 Å². The monoisotopic (exact) mass is 273 g/mol. The fourth-order valence-electron chi connectivity index (χ4n) is 2.59. The summed E-state index contributed by atoms with van der Waals surface area (Å²) in [7, 11) is 1.72. The second-order valence-electron chi connectivity index (χ2n) is 5.55. The van der Waals surface area contributed by atoms with E-state index in [0.717, 1.165) is 37.1 Å². The molecule has 19 heavy (non-hydrogen) atoms. The Morgan fingerprint density at radius 1 is 1.42 bits per heavy atom. The van der Waals surface area contributed by atoms with Crippen molar-refractivity contribution in [3.63, 3.8) is 0 Å². The van der Waals surface area contributed by atoms with Gasteiger partial charge in [0.1, 0.15) is 5.82 Å².